The second-order valence-corrected chi connectivity index (χ2v) is 6.44. The number of nitrogens with zero attached hydrogens (tertiary/aromatic N) is 2. The van der Waals surface area contributed by atoms with Gasteiger partial charge in [0.25, 0.3) is 5.91 Å². The molecule has 0 radical (unpaired) electrons. The van der Waals surface area contributed by atoms with Crippen molar-refractivity contribution in [3.8, 4) is 6.07 Å². The summed E-state index contributed by atoms with van der Waals surface area (Å²) in [5.41, 5.74) is 0.973. The van der Waals surface area contributed by atoms with E-state index in [1.165, 1.54) is 0 Å². The first-order chi connectivity index (χ1) is 9.50. The fourth-order valence-corrected chi connectivity index (χ4v) is 3.22. The average molecular weight is 335 g/mol. The van der Waals surface area contributed by atoms with Crippen LogP contribution in [0.3, 0.4) is 0 Å². The molecule has 0 N–H and O–H groups in total. The summed E-state index contributed by atoms with van der Waals surface area (Å²) in [6.45, 7) is 1.92. The number of nitriles is 1. The topological polar surface area (TPSA) is 44.1 Å². The van der Waals surface area contributed by atoms with Crippen LogP contribution in [-0.2, 0) is 0 Å². The Morgan fingerprint density at radius 1 is 1.35 bits per heavy atom. The van der Waals surface area contributed by atoms with Crippen LogP contribution in [0.1, 0.15) is 48.0 Å². The largest absolute Gasteiger partial charge is 0.323 e. The molecule has 3 nitrogen and oxygen atoms in total. The van der Waals surface area contributed by atoms with Gasteiger partial charge in [0, 0.05) is 17.1 Å². The summed E-state index contributed by atoms with van der Waals surface area (Å²) < 4.78 is 0.884. The van der Waals surface area contributed by atoms with Crippen molar-refractivity contribution in [2.24, 2.45) is 0 Å². The molecule has 1 aromatic rings. The van der Waals surface area contributed by atoms with Crippen molar-refractivity contribution in [1.29, 1.82) is 5.26 Å². The molecule has 106 valence electrons. The number of amides is 1. The summed E-state index contributed by atoms with van der Waals surface area (Å²) >= 11 is 3.40. The summed E-state index contributed by atoms with van der Waals surface area (Å²) in [7, 11) is 1.76. The maximum Gasteiger partial charge on any atom is 0.255 e. The van der Waals surface area contributed by atoms with E-state index in [2.05, 4.69) is 22.0 Å². The molecule has 0 unspecified atom stereocenters. The number of rotatable bonds is 2. The summed E-state index contributed by atoms with van der Waals surface area (Å²) in [4.78, 5) is 14.4. The van der Waals surface area contributed by atoms with Crippen LogP contribution in [0.25, 0.3) is 0 Å². The molecule has 0 atom stereocenters. The van der Waals surface area contributed by atoms with Crippen molar-refractivity contribution in [3.63, 3.8) is 0 Å². The van der Waals surface area contributed by atoms with Crippen LogP contribution < -0.4 is 0 Å². The molecule has 1 amide bonds. The van der Waals surface area contributed by atoms with Gasteiger partial charge in [0.15, 0.2) is 0 Å². The Bertz CT molecular complexity index is 556. The second kappa shape index (κ2) is 5.97. The maximum atomic E-state index is 12.7. The van der Waals surface area contributed by atoms with Crippen LogP contribution in [0.5, 0.6) is 0 Å². The van der Waals surface area contributed by atoms with Gasteiger partial charge < -0.3 is 4.90 Å². The second-order valence-electron chi connectivity index (χ2n) is 5.53. The molecule has 0 aromatic heterocycles. The summed E-state index contributed by atoms with van der Waals surface area (Å²) in [5, 5.41) is 9.58. The monoisotopic (exact) mass is 334 g/mol. The number of halogens is 1. The lowest BCUT2D eigenvalue weighted by molar-refractivity contribution is 0.0588. The van der Waals surface area contributed by atoms with Gasteiger partial charge in [-0.15, -0.1) is 0 Å². The van der Waals surface area contributed by atoms with Gasteiger partial charge in [-0.25, -0.2) is 0 Å². The minimum Gasteiger partial charge on any atom is -0.323 e. The van der Waals surface area contributed by atoms with Gasteiger partial charge in [-0.2, -0.15) is 5.26 Å². The van der Waals surface area contributed by atoms with E-state index in [-0.39, 0.29) is 5.91 Å². The summed E-state index contributed by atoms with van der Waals surface area (Å²) in [6, 6.07) is 8.08. The van der Waals surface area contributed by atoms with E-state index in [9.17, 15) is 10.1 Å². The van der Waals surface area contributed by atoms with E-state index in [0.717, 1.165) is 42.1 Å². The molecular formula is C16H19BrN2O. The summed E-state index contributed by atoms with van der Waals surface area (Å²) in [6.07, 6.45) is 4.74. The van der Waals surface area contributed by atoms with Gasteiger partial charge in [-0.3, -0.25) is 4.79 Å². The minimum atomic E-state index is -0.635. The van der Waals surface area contributed by atoms with Gasteiger partial charge in [-0.05, 0) is 37.5 Å². The predicted molar refractivity (Wildman–Crippen MR) is 82.4 cm³/mol. The maximum absolute atomic E-state index is 12.7. The molecular weight excluding hydrogens is 316 g/mol. The summed E-state index contributed by atoms with van der Waals surface area (Å²) in [5.74, 6) is -0.0627. The third-order valence-corrected chi connectivity index (χ3v) is 4.76. The number of aryl methyl sites for hydroxylation is 1. The van der Waals surface area contributed by atoms with Gasteiger partial charge >= 0.3 is 0 Å². The molecule has 1 fully saturated rings. The van der Waals surface area contributed by atoms with E-state index in [0.29, 0.717) is 5.56 Å². The van der Waals surface area contributed by atoms with Crippen LogP contribution >= 0.6 is 15.9 Å². The predicted octanol–water partition coefficient (Wildman–Crippen LogP) is 4.06. The lowest BCUT2D eigenvalue weighted by Crippen LogP contribution is -2.50. The first-order valence-corrected chi connectivity index (χ1v) is 7.75. The zero-order valence-corrected chi connectivity index (χ0v) is 13.5. The van der Waals surface area contributed by atoms with Gasteiger partial charge in [-0.1, -0.05) is 41.3 Å². The van der Waals surface area contributed by atoms with Gasteiger partial charge in [0.05, 0.1) is 6.07 Å². The van der Waals surface area contributed by atoms with Crippen LogP contribution in [-0.4, -0.2) is 23.4 Å². The highest BCUT2D eigenvalue weighted by molar-refractivity contribution is 9.10. The molecule has 0 aliphatic heterocycles. The number of carbonyl (C=O) groups excluding carboxylic acids is 1. The van der Waals surface area contributed by atoms with E-state index in [4.69, 9.17) is 0 Å². The Labute approximate surface area is 128 Å². The van der Waals surface area contributed by atoms with Gasteiger partial charge in [0.2, 0.25) is 0 Å². The number of hydrogen-bond donors (Lipinski definition) is 0. The highest BCUT2D eigenvalue weighted by Crippen LogP contribution is 2.33. The van der Waals surface area contributed by atoms with Crippen LogP contribution in [0, 0.1) is 18.3 Å². The van der Waals surface area contributed by atoms with Crippen LogP contribution in [0.4, 0.5) is 0 Å². The van der Waals surface area contributed by atoms with Gasteiger partial charge in [0.1, 0.15) is 5.54 Å². The molecule has 0 heterocycles. The molecule has 0 bridgehead atoms. The molecule has 1 aliphatic rings. The molecule has 4 heteroatoms. The molecule has 2 rings (SSSR count). The fraction of sp³-hybridized carbons (Fsp3) is 0.500. The lowest BCUT2D eigenvalue weighted by atomic mass is 9.81. The Hall–Kier alpha value is -1.34. The SMILES string of the molecule is Cc1ccc(Br)cc1C(=O)N(C)C1(C#N)CCCCC1. The fourth-order valence-electron chi connectivity index (χ4n) is 2.86. The van der Waals surface area contributed by atoms with Crippen molar-refractivity contribution in [1.82, 2.24) is 4.90 Å². The van der Waals surface area contributed by atoms with Crippen molar-refractivity contribution in [2.75, 3.05) is 7.05 Å². The Morgan fingerprint density at radius 3 is 2.60 bits per heavy atom. The normalized spacial score (nSPS) is 17.3. The zero-order valence-electron chi connectivity index (χ0n) is 11.9. The third kappa shape index (κ3) is 2.73. The van der Waals surface area contributed by atoms with E-state index in [1.807, 2.05) is 25.1 Å². The molecule has 0 spiro atoms. The van der Waals surface area contributed by atoms with E-state index in [1.54, 1.807) is 11.9 Å². The quantitative estimate of drug-likeness (QED) is 0.818. The highest BCUT2D eigenvalue weighted by atomic mass is 79.9. The van der Waals surface area contributed by atoms with Crippen LogP contribution in [0.2, 0.25) is 0 Å². The minimum absolute atomic E-state index is 0.0627. The molecule has 1 aromatic carbocycles. The van der Waals surface area contributed by atoms with Crippen molar-refractivity contribution < 1.29 is 4.79 Å². The third-order valence-electron chi connectivity index (χ3n) is 4.27. The molecule has 0 saturated heterocycles. The van der Waals surface area contributed by atoms with Crippen molar-refractivity contribution >= 4 is 21.8 Å². The Balaban J connectivity index is 2.32. The number of carbonyl (C=O) groups is 1. The number of hydrogen-bond acceptors (Lipinski definition) is 2. The first-order valence-electron chi connectivity index (χ1n) is 6.96. The number of benzene rings is 1. The van der Waals surface area contributed by atoms with E-state index >= 15 is 0 Å². The van der Waals surface area contributed by atoms with E-state index < -0.39 is 5.54 Å². The van der Waals surface area contributed by atoms with Crippen molar-refractivity contribution in [3.05, 3.63) is 33.8 Å². The van der Waals surface area contributed by atoms with Crippen molar-refractivity contribution in [2.45, 2.75) is 44.6 Å². The zero-order chi connectivity index (χ0) is 14.8. The van der Waals surface area contributed by atoms with Crippen LogP contribution in [0.15, 0.2) is 22.7 Å². The molecule has 1 saturated carbocycles. The smallest absolute Gasteiger partial charge is 0.255 e. The molecule has 1 aliphatic carbocycles. The lowest BCUT2D eigenvalue weighted by Gasteiger charge is -2.39. The Kier molecular flexibility index (Phi) is 4.49. The average Bonchev–Trinajstić information content (AvgIpc) is 2.49. The molecule has 20 heavy (non-hydrogen) atoms. The standard InChI is InChI=1S/C16H19BrN2O/c1-12-6-7-13(17)10-14(12)15(20)19(2)16(11-18)8-4-3-5-9-16/h6-7,10H,3-5,8-9H2,1-2H3. The highest BCUT2D eigenvalue weighted by Gasteiger charge is 2.39. The Morgan fingerprint density at radius 2 is 2.00 bits per heavy atom. The first kappa shape index (κ1) is 15.1.